The summed E-state index contributed by atoms with van der Waals surface area (Å²) in [6.07, 6.45) is 0. The van der Waals surface area contributed by atoms with Gasteiger partial charge in [-0.25, -0.2) is 9.59 Å². The molecule has 0 aromatic heterocycles. The highest BCUT2D eigenvalue weighted by Crippen LogP contribution is 2.07. The molecule has 0 heterocycles. The highest BCUT2D eigenvalue weighted by Gasteiger charge is 2.16. The average molecular weight is 775 g/mol. The number of hydrogen-bond donors (Lipinski definition) is 0. The van der Waals surface area contributed by atoms with E-state index in [4.69, 9.17) is 71.1 Å². The van der Waals surface area contributed by atoms with Gasteiger partial charge in [0.2, 0.25) is 0 Å². The molecule has 17 heteroatoms. The molecule has 316 valence electrons. The van der Waals surface area contributed by atoms with Crippen molar-refractivity contribution >= 4 is 11.9 Å². The Balaban J connectivity index is 3.13. The molecule has 0 aromatic carbocycles. The van der Waals surface area contributed by atoms with Crippen molar-refractivity contribution in [3.05, 3.63) is 0 Å². The Morgan fingerprint density at radius 3 is 0.528 bits per heavy atom. The molecule has 0 spiro atoms. The van der Waals surface area contributed by atoms with E-state index in [0.717, 1.165) is 0 Å². The summed E-state index contributed by atoms with van der Waals surface area (Å²) in [5, 5.41) is 0. The van der Waals surface area contributed by atoms with E-state index in [9.17, 15) is 9.59 Å². The van der Waals surface area contributed by atoms with Gasteiger partial charge in [-0.2, -0.15) is 0 Å². The van der Waals surface area contributed by atoms with E-state index < -0.39 is 23.1 Å². The number of rotatable bonds is 40. The first-order valence-electron chi connectivity index (χ1n) is 18.4. The third-order valence-corrected chi connectivity index (χ3v) is 5.74. The zero-order valence-corrected chi connectivity index (χ0v) is 33.3. The summed E-state index contributed by atoms with van der Waals surface area (Å²) in [5.74, 6) is -0.783. The SMILES string of the molecule is CC(C)(C)OC(=O)COCCOCCOCCOCCOCCOCCOCCOCCOCCOCCOCCOCCOCC(=O)OC(C)(C)C. The second kappa shape index (κ2) is 37.3. The molecule has 0 aliphatic heterocycles. The lowest BCUT2D eigenvalue weighted by Crippen LogP contribution is -2.27. The van der Waals surface area contributed by atoms with Crippen LogP contribution in [-0.2, 0) is 80.6 Å². The molecule has 0 fully saturated rings. The van der Waals surface area contributed by atoms with Crippen molar-refractivity contribution in [3.8, 4) is 0 Å². The molecule has 0 atom stereocenters. The fourth-order valence-corrected chi connectivity index (χ4v) is 3.59. The van der Waals surface area contributed by atoms with Crippen molar-refractivity contribution in [1.29, 1.82) is 0 Å². The van der Waals surface area contributed by atoms with Gasteiger partial charge in [0.25, 0.3) is 0 Å². The van der Waals surface area contributed by atoms with Crippen molar-refractivity contribution in [1.82, 2.24) is 0 Å². The molecule has 0 aliphatic carbocycles. The molecule has 0 radical (unpaired) electrons. The highest BCUT2D eigenvalue weighted by atomic mass is 16.6. The van der Waals surface area contributed by atoms with Gasteiger partial charge < -0.3 is 71.1 Å². The van der Waals surface area contributed by atoms with Crippen molar-refractivity contribution in [2.24, 2.45) is 0 Å². The summed E-state index contributed by atoms with van der Waals surface area (Å²) in [4.78, 5) is 23.0. The molecule has 53 heavy (non-hydrogen) atoms. The van der Waals surface area contributed by atoms with Crippen LogP contribution in [0.5, 0.6) is 0 Å². The Hall–Kier alpha value is -1.58. The first-order valence-corrected chi connectivity index (χ1v) is 18.4. The number of ether oxygens (including phenoxy) is 15. The molecule has 0 unspecified atom stereocenters. The summed E-state index contributed by atoms with van der Waals surface area (Å²) in [7, 11) is 0. The number of carbonyl (C=O) groups excluding carboxylic acids is 2. The van der Waals surface area contributed by atoms with E-state index in [2.05, 4.69) is 0 Å². The fourth-order valence-electron chi connectivity index (χ4n) is 3.59. The van der Waals surface area contributed by atoms with E-state index in [1.165, 1.54) is 0 Å². The van der Waals surface area contributed by atoms with Crippen LogP contribution >= 0.6 is 0 Å². The smallest absolute Gasteiger partial charge is 0.332 e. The van der Waals surface area contributed by atoms with Crippen LogP contribution in [0.25, 0.3) is 0 Å². The molecule has 0 saturated heterocycles. The second-order valence-corrected chi connectivity index (χ2v) is 13.0. The first-order chi connectivity index (χ1) is 25.5. The quantitative estimate of drug-likeness (QED) is 0.0652. The van der Waals surface area contributed by atoms with Crippen molar-refractivity contribution in [3.63, 3.8) is 0 Å². The van der Waals surface area contributed by atoms with Crippen LogP contribution in [0, 0.1) is 0 Å². The monoisotopic (exact) mass is 774 g/mol. The topological polar surface area (TPSA) is 173 Å². The summed E-state index contributed by atoms with van der Waals surface area (Å²) < 4.78 is 80.7. The van der Waals surface area contributed by atoms with Crippen LogP contribution in [0.4, 0.5) is 0 Å². The maximum atomic E-state index is 11.5. The summed E-state index contributed by atoms with van der Waals surface area (Å²) >= 11 is 0. The summed E-state index contributed by atoms with van der Waals surface area (Å²) in [6, 6.07) is 0. The van der Waals surface area contributed by atoms with E-state index in [0.29, 0.717) is 159 Å². The van der Waals surface area contributed by atoms with Gasteiger partial charge in [0.15, 0.2) is 0 Å². The Bertz CT molecular complexity index is 740. The van der Waals surface area contributed by atoms with Gasteiger partial charge in [-0.05, 0) is 41.5 Å². The third kappa shape index (κ3) is 46.5. The van der Waals surface area contributed by atoms with Gasteiger partial charge in [0.05, 0.1) is 159 Å². The zero-order valence-electron chi connectivity index (χ0n) is 33.3. The molecule has 17 nitrogen and oxygen atoms in total. The van der Waals surface area contributed by atoms with Crippen LogP contribution in [-0.4, -0.2) is 195 Å². The maximum absolute atomic E-state index is 11.5. The largest absolute Gasteiger partial charge is 0.458 e. The molecule has 0 rings (SSSR count). The normalized spacial score (nSPS) is 12.0. The molecule has 0 N–H and O–H groups in total. The van der Waals surface area contributed by atoms with E-state index >= 15 is 0 Å². The summed E-state index contributed by atoms with van der Waals surface area (Å²) in [6.45, 7) is 21.5. The molecule has 0 bridgehead atoms. The first kappa shape index (κ1) is 51.4. The highest BCUT2D eigenvalue weighted by molar-refractivity contribution is 5.71. The van der Waals surface area contributed by atoms with Crippen LogP contribution in [0.15, 0.2) is 0 Å². The van der Waals surface area contributed by atoms with Crippen molar-refractivity contribution in [2.75, 3.05) is 172 Å². The lowest BCUT2D eigenvalue weighted by atomic mass is 10.2. The molecule has 0 aliphatic rings. The Morgan fingerprint density at radius 2 is 0.396 bits per heavy atom. The van der Waals surface area contributed by atoms with Crippen LogP contribution in [0.2, 0.25) is 0 Å². The van der Waals surface area contributed by atoms with Crippen molar-refractivity contribution in [2.45, 2.75) is 52.7 Å². The minimum atomic E-state index is -0.516. The van der Waals surface area contributed by atoms with Crippen LogP contribution in [0.3, 0.4) is 0 Å². The van der Waals surface area contributed by atoms with Crippen LogP contribution in [0.1, 0.15) is 41.5 Å². The van der Waals surface area contributed by atoms with E-state index in [1.807, 2.05) is 41.5 Å². The van der Waals surface area contributed by atoms with Gasteiger partial charge in [-0.15, -0.1) is 0 Å². The standard InChI is InChI=1S/C36H70O17/c1-35(2,3)52-33(37)31-50-29-27-48-25-23-46-21-19-44-17-15-42-13-11-40-9-7-39-8-10-41-12-14-43-16-18-45-20-22-47-24-26-49-28-30-51-32-34(38)53-36(4,5)6/h7-32H2,1-6H3. The molecule has 0 amide bonds. The fraction of sp³-hybridized carbons (Fsp3) is 0.944. The minimum absolute atomic E-state index is 0.0886. The van der Waals surface area contributed by atoms with E-state index in [1.54, 1.807) is 0 Å². The van der Waals surface area contributed by atoms with E-state index in [-0.39, 0.29) is 13.2 Å². The van der Waals surface area contributed by atoms with Gasteiger partial charge in [-0.3, -0.25) is 0 Å². The lowest BCUT2D eigenvalue weighted by Gasteiger charge is -2.19. The van der Waals surface area contributed by atoms with Gasteiger partial charge in [0, 0.05) is 0 Å². The Labute approximate surface area is 317 Å². The van der Waals surface area contributed by atoms with Gasteiger partial charge in [-0.1, -0.05) is 0 Å². The molecule has 0 aromatic rings. The van der Waals surface area contributed by atoms with Crippen molar-refractivity contribution < 1.29 is 80.6 Å². The second-order valence-electron chi connectivity index (χ2n) is 13.0. The molecule has 0 saturated carbocycles. The third-order valence-electron chi connectivity index (χ3n) is 5.74. The average Bonchev–Trinajstić information content (AvgIpc) is 3.07. The predicted octanol–water partition coefficient (Wildman–Crippen LogP) is 1.89. The Morgan fingerprint density at radius 1 is 0.264 bits per heavy atom. The number of carbonyl (C=O) groups is 2. The molecular weight excluding hydrogens is 704 g/mol. The lowest BCUT2D eigenvalue weighted by molar-refractivity contribution is -0.161. The summed E-state index contributed by atoms with van der Waals surface area (Å²) in [5.41, 5.74) is -1.03. The zero-order chi connectivity index (χ0) is 39.1. The maximum Gasteiger partial charge on any atom is 0.332 e. The van der Waals surface area contributed by atoms with Gasteiger partial charge in [0.1, 0.15) is 24.4 Å². The molecular formula is C36H70O17. The number of esters is 2. The minimum Gasteiger partial charge on any atom is -0.458 e. The van der Waals surface area contributed by atoms with Crippen LogP contribution < -0.4 is 0 Å². The predicted molar refractivity (Wildman–Crippen MR) is 192 cm³/mol. The Kier molecular flexibility index (Phi) is 36.2. The number of hydrogen-bond acceptors (Lipinski definition) is 17. The van der Waals surface area contributed by atoms with Gasteiger partial charge >= 0.3 is 11.9 Å².